The highest BCUT2D eigenvalue weighted by molar-refractivity contribution is 7.22. The predicted octanol–water partition coefficient (Wildman–Crippen LogP) is 5.84. The van der Waals surface area contributed by atoms with Gasteiger partial charge in [0.15, 0.2) is 11.7 Å². The predicted molar refractivity (Wildman–Crippen MR) is 130 cm³/mol. The van der Waals surface area contributed by atoms with Crippen LogP contribution in [0.2, 0.25) is 10.0 Å². The zero-order chi connectivity index (χ0) is 22.8. The van der Waals surface area contributed by atoms with Crippen LogP contribution in [0.4, 0.5) is 5.13 Å². The molecular formula is C23H22Cl2N4O2S. The first-order chi connectivity index (χ1) is 15.3. The molecule has 9 heteroatoms. The summed E-state index contributed by atoms with van der Waals surface area (Å²) < 4.78 is 8.58. The zero-order valence-electron chi connectivity index (χ0n) is 17.9. The van der Waals surface area contributed by atoms with Crippen LogP contribution in [-0.4, -0.2) is 33.8 Å². The number of carbonyl (C=O) groups excluding carboxylic acids is 1. The lowest BCUT2D eigenvalue weighted by molar-refractivity contribution is -0.120. The Morgan fingerprint density at radius 3 is 2.56 bits per heavy atom. The van der Waals surface area contributed by atoms with Crippen LogP contribution in [0.25, 0.3) is 10.2 Å². The number of hydrogen-bond donors (Lipinski definition) is 0. The number of carbonyl (C=O) groups is 1. The number of aromatic nitrogens is 3. The number of aryl methyl sites for hydroxylation is 3. The summed E-state index contributed by atoms with van der Waals surface area (Å²) in [6.07, 6.45) is 0. The fourth-order valence-electron chi connectivity index (χ4n) is 3.38. The van der Waals surface area contributed by atoms with Gasteiger partial charge in [0.05, 0.1) is 22.5 Å². The number of amides is 1. The first-order valence-electron chi connectivity index (χ1n) is 10.1. The van der Waals surface area contributed by atoms with Crippen LogP contribution in [0.5, 0.6) is 5.75 Å². The van der Waals surface area contributed by atoms with Crippen molar-refractivity contribution in [2.75, 3.05) is 18.1 Å². The van der Waals surface area contributed by atoms with Gasteiger partial charge in [-0.15, -0.1) is 0 Å². The number of benzene rings is 2. The molecule has 0 aliphatic heterocycles. The van der Waals surface area contributed by atoms with Gasteiger partial charge in [0.1, 0.15) is 5.75 Å². The van der Waals surface area contributed by atoms with Crippen LogP contribution >= 0.6 is 34.5 Å². The van der Waals surface area contributed by atoms with Gasteiger partial charge in [-0.25, -0.2) is 4.98 Å². The van der Waals surface area contributed by atoms with Crippen LogP contribution in [0.3, 0.4) is 0 Å². The molecule has 32 heavy (non-hydrogen) atoms. The fraction of sp³-hybridized carbons (Fsp3) is 0.261. The molecule has 6 nitrogen and oxygen atoms in total. The molecule has 166 valence electrons. The van der Waals surface area contributed by atoms with Gasteiger partial charge >= 0.3 is 0 Å². The number of anilines is 1. The molecule has 4 rings (SSSR count). The monoisotopic (exact) mass is 488 g/mol. The van der Waals surface area contributed by atoms with Gasteiger partial charge in [-0.2, -0.15) is 5.10 Å². The summed E-state index contributed by atoms with van der Waals surface area (Å²) in [4.78, 5) is 19.6. The molecule has 0 aliphatic rings. The van der Waals surface area contributed by atoms with E-state index in [0.29, 0.717) is 34.0 Å². The number of rotatable bonds is 7. The van der Waals surface area contributed by atoms with E-state index in [1.165, 1.54) is 11.3 Å². The molecule has 0 N–H and O–H groups in total. The smallest absolute Gasteiger partial charge is 0.266 e. The number of fused-ring (bicyclic) bond motifs is 1. The van der Waals surface area contributed by atoms with E-state index >= 15 is 0 Å². The molecule has 0 atom stereocenters. The Bertz CT molecular complexity index is 1270. The molecule has 0 bridgehead atoms. The minimum atomic E-state index is -0.190. The van der Waals surface area contributed by atoms with Crippen LogP contribution < -0.4 is 9.64 Å². The van der Waals surface area contributed by atoms with Crippen molar-refractivity contribution in [1.82, 2.24) is 14.8 Å². The average Bonchev–Trinajstić information content (AvgIpc) is 3.33. The summed E-state index contributed by atoms with van der Waals surface area (Å²) in [6, 6.07) is 12.7. The van der Waals surface area contributed by atoms with Crippen molar-refractivity contribution in [3.05, 3.63) is 69.5 Å². The highest BCUT2D eigenvalue weighted by atomic mass is 35.5. The van der Waals surface area contributed by atoms with Crippen molar-refractivity contribution in [1.29, 1.82) is 0 Å². The molecule has 2 heterocycles. The number of halogens is 2. The SMILES string of the molecule is Cc1cc(C)n(CCN(C(=O)COc2ccc(Cl)cc2)c2nc3c(C)c(Cl)ccc3s2)n1. The van der Waals surface area contributed by atoms with Gasteiger partial charge in [-0.1, -0.05) is 34.5 Å². The molecule has 0 saturated carbocycles. The number of ether oxygens (including phenoxy) is 1. The van der Waals surface area contributed by atoms with Gasteiger partial charge in [-0.3, -0.25) is 14.4 Å². The third-order valence-corrected chi connectivity index (χ3v) is 6.79. The summed E-state index contributed by atoms with van der Waals surface area (Å²) in [5.74, 6) is 0.387. The van der Waals surface area contributed by atoms with E-state index in [2.05, 4.69) is 5.10 Å². The Hall–Kier alpha value is -2.61. The topological polar surface area (TPSA) is 60.2 Å². The molecule has 1 amide bonds. The average molecular weight is 489 g/mol. The summed E-state index contributed by atoms with van der Waals surface area (Å²) >= 11 is 13.7. The Balaban J connectivity index is 1.59. The quantitative estimate of drug-likeness (QED) is 0.328. The summed E-state index contributed by atoms with van der Waals surface area (Å²) in [6.45, 7) is 6.72. The van der Waals surface area contributed by atoms with Crippen molar-refractivity contribution >= 4 is 55.8 Å². The molecule has 2 aromatic heterocycles. The largest absolute Gasteiger partial charge is 0.484 e. The maximum atomic E-state index is 13.2. The molecule has 2 aromatic carbocycles. The molecule has 0 radical (unpaired) electrons. The third-order valence-electron chi connectivity index (χ3n) is 5.08. The van der Waals surface area contributed by atoms with E-state index in [1.54, 1.807) is 29.2 Å². The summed E-state index contributed by atoms with van der Waals surface area (Å²) in [7, 11) is 0. The second-order valence-corrected chi connectivity index (χ2v) is 9.31. The second-order valence-electron chi connectivity index (χ2n) is 7.45. The zero-order valence-corrected chi connectivity index (χ0v) is 20.3. The first-order valence-corrected chi connectivity index (χ1v) is 11.6. The molecular weight excluding hydrogens is 467 g/mol. The number of hydrogen-bond acceptors (Lipinski definition) is 5. The summed E-state index contributed by atoms with van der Waals surface area (Å²) in [5, 5.41) is 6.38. The lowest BCUT2D eigenvalue weighted by atomic mass is 10.2. The van der Waals surface area contributed by atoms with Crippen molar-refractivity contribution in [2.45, 2.75) is 27.3 Å². The van der Waals surface area contributed by atoms with E-state index in [1.807, 2.05) is 43.7 Å². The molecule has 4 aromatic rings. The van der Waals surface area contributed by atoms with E-state index in [0.717, 1.165) is 27.2 Å². The van der Waals surface area contributed by atoms with Crippen molar-refractivity contribution in [3.63, 3.8) is 0 Å². The van der Waals surface area contributed by atoms with Crippen LogP contribution in [0.1, 0.15) is 17.0 Å². The van der Waals surface area contributed by atoms with Crippen molar-refractivity contribution in [2.24, 2.45) is 0 Å². The normalized spacial score (nSPS) is 11.2. The van der Waals surface area contributed by atoms with Gasteiger partial charge in [0.25, 0.3) is 5.91 Å². The summed E-state index contributed by atoms with van der Waals surface area (Å²) in [5.41, 5.74) is 3.69. The highest BCUT2D eigenvalue weighted by Crippen LogP contribution is 2.33. The minimum absolute atomic E-state index is 0.117. The molecule has 0 spiro atoms. The minimum Gasteiger partial charge on any atom is -0.484 e. The molecule has 0 aliphatic carbocycles. The lowest BCUT2D eigenvalue weighted by Gasteiger charge is -2.20. The fourth-order valence-corrected chi connectivity index (χ4v) is 4.73. The van der Waals surface area contributed by atoms with Crippen LogP contribution in [0.15, 0.2) is 42.5 Å². The van der Waals surface area contributed by atoms with Gasteiger partial charge in [0, 0.05) is 22.3 Å². The maximum Gasteiger partial charge on any atom is 0.266 e. The van der Waals surface area contributed by atoms with E-state index in [4.69, 9.17) is 32.9 Å². The third kappa shape index (κ3) is 4.90. The Morgan fingerprint density at radius 2 is 1.88 bits per heavy atom. The lowest BCUT2D eigenvalue weighted by Crippen LogP contribution is -2.37. The Labute approximate surface area is 200 Å². The molecule has 0 unspecified atom stereocenters. The Kier molecular flexibility index (Phi) is 6.69. The molecule has 0 fully saturated rings. The standard InChI is InChI=1S/C23H22Cl2N4O2S/c1-14-12-15(2)29(27-14)11-10-28(21(30)13-31-18-6-4-17(24)5-7-18)23-26-22-16(3)19(25)8-9-20(22)32-23/h4-9,12H,10-11,13H2,1-3H3. The first kappa shape index (κ1) is 22.6. The Morgan fingerprint density at radius 1 is 1.12 bits per heavy atom. The van der Waals surface area contributed by atoms with Gasteiger partial charge in [0.2, 0.25) is 0 Å². The number of nitrogens with zero attached hydrogens (tertiary/aromatic N) is 4. The maximum absolute atomic E-state index is 13.2. The van der Waals surface area contributed by atoms with Gasteiger partial charge in [-0.05, 0) is 68.8 Å². The van der Waals surface area contributed by atoms with E-state index in [-0.39, 0.29) is 12.5 Å². The van der Waals surface area contributed by atoms with Crippen LogP contribution in [0, 0.1) is 20.8 Å². The van der Waals surface area contributed by atoms with E-state index < -0.39 is 0 Å². The van der Waals surface area contributed by atoms with Crippen molar-refractivity contribution < 1.29 is 9.53 Å². The second kappa shape index (κ2) is 9.48. The highest BCUT2D eigenvalue weighted by Gasteiger charge is 2.22. The molecule has 0 saturated heterocycles. The van der Waals surface area contributed by atoms with Crippen LogP contribution in [-0.2, 0) is 11.3 Å². The number of thiazole rings is 1. The van der Waals surface area contributed by atoms with Gasteiger partial charge < -0.3 is 4.74 Å². The van der Waals surface area contributed by atoms with E-state index in [9.17, 15) is 4.79 Å². The van der Waals surface area contributed by atoms with Crippen molar-refractivity contribution in [3.8, 4) is 5.75 Å².